The van der Waals surface area contributed by atoms with Crippen LogP contribution in [0.15, 0.2) is 15.2 Å². The lowest BCUT2D eigenvalue weighted by Gasteiger charge is -2.23. The predicted octanol–water partition coefficient (Wildman–Crippen LogP) is 4.08. The van der Waals surface area contributed by atoms with Gasteiger partial charge in [0.2, 0.25) is 0 Å². The first-order chi connectivity index (χ1) is 6.88. The van der Waals surface area contributed by atoms with Gasteiger partial charge in [0.15, 0.2) is 0 Å². The van der Waals surface area contributed by atoms with Crippen molar-refractivity contribution in [2.24, 2.45) is 5.92 Å². The van der Waals surface area contributed by atoms with Crippen molar-refractivity contribution in [2.45, 2.75) is 39.7 Å². The Morgan fingerprint density at radius 3 is 2.53 bits per heavy atom. The van der Waals surface area contributed by atoms with Gasteiger partial charge in [0.05, 0.1) is 0 Å². The normalized spacial score (nSPS) is 14.2. The van der Waals surface area contributed by atoms with Crippen LogP contribution in [0.3, 0.4) is 0 Å². The third kappa shape index (κ3) is 5.14. The Morgan fingerprint density at radius 1 is 1.40 bits per heavy atom. The van der Waals surface area contributed by atoms with E-state index in [2.05, 4.69) is 59.7 Å². The third-order valence-electron chi connectivity index (χ3n) is 2.24. The summed E-state index contributed by atoms with van der Waals surface area (Å²) in [6.07, 6.45) is 1.15. The summed E-state index contributed by atoms with van der Waals surface area (Å²) in [5.74, 6) is 0.676. The first kappa shape index (κ1) is 13.2. The largest absolute Gasteiger partial charge is 0.312 e. The minimum Gasteiger partial charge on any atom is -0.312 e. The highest BCUT2D eigenvalue weighted by molar-refractivity contribution is 9.10. The van der Waals surface area contributed by atoms with Gasteiger partial charge in [0, 0.05) is 15.4 Å². The summed E-state index contributed by atoms with van der Waals surface area (Å²) >= 11 is 5.34. The second kappa shape index (κ2) is 5.46. The molecule has 1 rings (SSSR count). The van der Waals surface area contributed by atoms with E-state index in [-0.39, 0.29) is 5.54 Å². The highest BCUT2D eigenvalue weighted by Gasteiger charge is 2.12. The smallest absolute Gasteiger partial charge is 0.0314 e. The van der Waals surface area contributed by atoms with Gasteiger partial charge in [-0.05, 0) is 66.5 Å². The molecular formula is C12H20BrNS. The summed E-state index contributed by atoms with van der Waals surface area (Å²) in [6.45, 7) is 10.00. The van der Waals surface area contributed by atoms with E-state index in [4.69, 9.17) is 0 Å². The van der Waals surface area contributed by atoms with Gasteiger partial charge < -0.3 is 5.32 Å². The molecule has 0 aliphatic carbocycles. The van der Waals surface area contributed by atoms with E-state index >= 15 is 0 Å². The van der Waals surface area contributed by atoms with Crippen molar-refractivity contribution in [1.29, 1.82) is 0 Å². The number of thiophene rings is 1. The van der Waals surface area contributed by atoms with E-state index in [1.165, 1.54) is 10.0 Å². The van der Waals surface area contributed by atoms with Crippen molar-refractivity contribution in [2.75, 3.05) is 6.54 Å². The van der Waals surface area contributed by atoms with Crippen LogP contribution in [0.4, 0.5) is 0 Å². The van der Waals surface area contributed by atoms with Crippen LogP contribution in [0, 0.1) is 5.92 Å². The fraction of sp³-hybridized carbons (Fsp3) is 0.667. The fourth-order valence-corrected chi connectivity index (χ4v) is 2.86. The minimum absolute atomic E-state index is 0.222. The molecule has 0 aliphatic rings. The quantitative estimate of drug-likeness (QED) is 0.881. The number of nitrogens with one attached hydrogen (secondary N) is 1. The SMILES string of the molecule is CC(CNC(C)(C)C)Cc1cscc1Br. The maximum atomic E-state index is 3.58. The van der Waals surface area contributed by atoms with Crippen molar-refractivity contribution >= 4 is 27.3 Å². The second-order valence-electron chi connectivity index (χ2n) is 5.19. The number of hydrogen-bond donors (Lipinski definition) is 1. The molecule has 86 valence electrons. The fourth-order valence-electron chi connectivity index (χ4n) is 1.38. The van der Waals surface area contributed by atoms with Gasteiger partial charge in [-0.2, -0.15) is 11.3 Å². The lowest BCUT2D eigenvalue weighted by molar-refractivity contribution is 0.381. The van der Waals surface area contributed by atoms with Gasteiger partial charge in [-0.1, -0.05) is 6.92 Å². The summed E-state index contributed by atoms with van der Waals surface area (Å²) in [4.78, 5) is 0. The molecule has 0 aliphatic heterocycles. The van der Waals surface area contributed by atoms with Gasteiger partial charge in [0.25, 0.3) is 0 Å². The molecule has 1 heterocycles. The molecule has 0 fully saturated rings. The highest BCUT2D eigenvalue weighted by atomic mass is 79.9. The van der Waals surface area contributed by atoms with Gasteiger partial charge in [-0.25, -0.2) is 0 Å². The molecule has 1 N–H and O–H groups in total. The maximum Gasteiger partial charge on any atom is 0.0314 e. The van der Waals surface area contributed by atoms with E-state index in [0.717, 1.165) is 13.0 Å². The third-order valence-corrected chi connectivity index (χ3v) is 4.07. The lowest BCUT2D eigenvalue weighted by atomic mass is 10.0. The van der Waals surface area contributed by atoms with E-state index < -0.39 is 0 Å². The number of halogens is 1. The van der Waals surface area contributed by atoms with Crippen molar-refractivity contribution < 1.29 is 0 Å². The molecule has 0 saturated carbocycles. The summed E-state index contributed by atoms with van der Waals surface area (Å²) in [5, 5.41) is 7.93. The topological polar surface area (TPSA) is 12.0 Å². The zero-order valence-electron chi connectivity index (χ0n) is 9.93. The summed E-state index contributed by atoms with van der Waals surface area (Å²) in [5.41, 5.74) is 1.66. The van der Waals surface area contributed by atoms with Crippen LogP contribution in [0.25, 0.3) is 0 Å². The van der Waals surface area contributed by atoms with Crippen molar-refractivity contribution in [3.8, 4) is 0 Å². The van der Waals surface area contributed by atoms with E-state index in [1.807, 2.05) is 0 Å². The molecule has 3 heteroatoms. The molecule has 0 aromatic carbocycles. The van der Waals surface area contributed by atoms with E-state index in [0.29, 0.717) is 5.92 Å². The molecule has 1 aromatic rings. The second-order valence-corrected chi connectivity index (χ2v) is 6.78. The Labute approximate surface area is 105 Å². The van der Waals surface area contributed by atoms with Crippen LogP contribution in [-0.4, -0.2) is 12.1 Å². The monoisotopic (exact) mass is 289 g/mol. The molecule has 1 unspecified atom stereocenters. The van der Waals surface area contributed by atoms with Crippen molar-refractivity contribution in [3.05, 3.63) is 20.8 Å². The molecular weight excluding hydrogens is 270 g/mol. The van der Waals surface area contributed by atoms with Crippen LogP contribution < -0.4 is 5.32 Å². The minimum atomic E-state index is 0.222. The van der Waals surface area contributed by atoms with Gasteiger partial charge in [-0.3, -0.25) is 0 Å². The molecule has 0 saturated heterocycles. The van der Waals surface area contributed by atoms with E-state index in [9.17, 15) is 0 Å². The van der Waals surface area contributed by atoms with Crippen molar-refractivity contribution in [3.63, 3.8) is 0 Å². The highest BCUT2D eigenvalue weighted by Crippen LogP contribution is 2.23. The summed E-state index contributed by atoms with van der Waals surface area (Å²) in [6, 6.07) is 0. The van der Waals surface area contributed by atoms with E-state index in [1.54, 1.807) is 11.3 Å². The van der Waals surface area contributed by atoms with Gasteiger partial charge >= 0.3 is 0 Å². The average Bonchev–Trinajstić information content (AvgIpc) is 2.47. The average molecular weight is 290 g/mol. The van der Waals surface area contributed by atoms with Crippen LogP contribution in [0.1, 0.15) is 33.3 Å². The van der Waals surface area contributed by atoms with Gasteiger partial charge in [0.1, 0.15) is 0 Å². The molecule has 1 nitrogen and oxygen atoms in total. The first-order valence-corrected chi connectivity index (χ1v) is 7.07. The molecule has 0 bridgehead atoms. The summed E-state index contributed by atoms with van der Waals surface area (Å²) in [7, 11) is 0. The van der Waals surface area contributed by atoms with Crippen LogP contribution in [0.2, 0.25) is 0 Å². The molecule has 0 radical (unpaired) electrons. The Kier molecular flexibility index (Phi) is 4.81. The molecule has 0 spiro atoms. The molecule has 0 amide bonds. The predicted molar refractivity (Wildman–Crippen MR) is 72.6 cm³/mol. The van der Waals surface area contributed by atoms with Crippen LogP contribution in [0.5, 0.6) is 0 Å². The zero-order chi connectivity index (χ0) is 11.5. The number of hydrogen-bond acceptors (Lipinski definition) is 2. The van der Waals surface area contributed by atoms with Crippen LogP contribution >= 0.6 is 27.3 Å². The maximum absolute atomic E-state index is 3.58. The lowest BCUT2D eigenvalue weighted by Crippen LogP contribution is -2.38. The van der Waals surface area contributed by atoms with Crippen molar-refractivity contribution in [1.82, 2.24) is 5.32 Å². The van der Waals surface area contributed by atoms with Crippen LogP contribution in [-0.2, 0) is 6.42 Å². The Balaban J connectivity index is 2.37. The number of rotatable bonds is 4. The zero-order valence-corrected chi connectivity index (χ0v) is 12.3. The molecule has 15 heavy (non-hydrogen) atoms. The molecule has 1 atom stereocenters. The standard InChI is InChI=1S/C12H20BrNS/c1-9(6-14-12(2,3)4)5-10-7-15-8-11(10)13/h7-9,14H,5-6H2,1-4H3. The Bertz CT molecular complexity index is 301. The summed E-state index contributed by atoms with van der Waals surface area (Å²) < 4.78 is 1.26. The Hall–Kier alpha value is 0.140. The van der Waals surface area contributed by atoms with Gasteiger partial charge in [-0.15, -0.1) is 0 Å². The Morgan fingerprint density at radius 2 is 2.07 bits per heavy atom. The first-order valence-electron chi connectivity index (χ1n) is 5.34. The molecule has 1 aromatic heterocycles.